The highest BCUT2D eigenvalue weighted by molar-refractivity contribution is 6.30. The zero-order valence-corrected chi connectivity index (χ0v) is 13.2. The molecule has 1 aromatic heterocycles. The van der Waals surface area contributed by atoms with E-state index < -0.39 is 5.60 Å². The van der Waals surface area contributed by atoms with Gasteiger partial charge in [-0.3, -0.25) is 0 Å². The predicted octanol–water partition coefficient (Wildman–Crippen LogP) is 2.71. The van der Waals surface area contributed by atoms with Gasteiger partial charge in [0.1, 0.15) is 30.1 Å². The van der Waals surface area contributed by atoms with Crippen LogP contribution in [0.5, 0.6) is 5.75 Å². The van der Waals surface area contributed by atoms with Crippen LogP contribution in [-0.2, 0) is 6.54 Å². The molecular weight excluding hydrogens is 290 g/mol. The van der Waals surface area contributed by atoms with Crippen LogP contribution in [-0.4, -0.2) is 32.1 Å². The van der Waals surface area contributed by atoms with Crippen LogP contribution in [0.25, 0.3) is 0 Å². The Hall–Kier alpha value is -1.59. The average molecular weight is 310 g/mol. The maximum atomic E-state index is 10.8. The second-order valence-corrected chi connectivity index (χ2v) is 5.93. The zero-order chi connectivity index (χ0) is 15.5. The lowest BCUT2D eigenvalue weighted by atomic mass is 9.91. The van der Waals surface area contributed by atoms with Crippen LogP contribution in [0.3, 0.4) is 0 Å². The van der Waals surface area contributed by atoms with Gasteiger partial charge in [-0.15, -0.1) is 0 Å². The first kappa shape index (κ1) is 15.8. The lowest BCUT2D eigenvalue weighted by Gasteiger charge is -2.31. The van der Waals surface area contributed by atoms with E-state index in [2.05, 4.69) is 10.1 Å². The summed E-state index contributed by atoms with van der Waals surface area (Å²) >= 11 is 5.84. The summed E-state index contributed by atoms with van der Waals surface area (Å²) in [7, 11) is 0. The Balaban J connectivity index is 2.05. The van der Waals surface area contributed by atoms with Crippen molar-refractivity contribution in [3.63, 3.8) is 0 Å². The second-order valence-electron chi connectivity index (χ2n) is 5.49. The fourth-order valence-corrected chi connectivity index (χ4v) is 2.00. The van der Waals surface area contributed by atoms with Crippen molar-refractivity contribution in [2.24, 2.45) is 5.92 Å². The van der Waals surface area contributed by atoms with Gasteiger partial charge in [0.15, 0.2) is 0 Å². The fourth-order valence-electron chi connectivity index (χ4n) is 1.88. The highest BCUT2D eigenvalue weighted by Gasteiger charge is 2.33. The number of halogens is 1. The highest BCUT2D eigenvalue weighted by atomic mass is 35.5. The first-order valence-corrected chi connectivity index (χ1v) is 7.24. The Morgan fingerprint density at radius 1 is 1.33 bits per heavy atom. The second kappa shape index (κ2) is 6.45. The van der Waals surface area contributed by atoms with E-state index in [1.165, 1.54) is 0 Å². The molecule has 0 amide bonds. The van der Waals surface area contributed by atoms with Crippen molar-refractivity contribution in [2.45, 2.75) is 32.9 Å². The van der Waals surface area contributed by atoms with Crippen LogP contribution in [0, 0.1) is 12.8 Å². The van der Waals surface area contributed by atoms with E-state index in [1.807, 2.05) is 20.8 Å². The van der Waals surface area contributed by atoms with Crippen molar-refractivity contribution in [3.05, 3.63) is 41.4 Å². The van der Waals surface area contributed by atoms with Crippen LogP contribution in [0.2, 0.25) is 5.02 Å². The molecule has 1 aromatic carbocycles. The van der Waals surface area contributed by atoms with Gasteiger partial charge in [0.05, 0.1) is 6.54 Å². The molecule has 114 valence electrons. The molecule has 21 heavy (non-hydrogen) atoms. The summed E-state index contributed by atoms with van der Waals surface area (Å²) in [6.45, 7) is 6.23. The SMILES string of the molecule is Cc1ncn(CC(O)(COc2ccc(Cl)cc2)C(C)C)n1. The molecule has 0 bridgehead atoms. The van der Waals surface area contributed by atoms with E-state index in [9.17, 15) is 5.11 Å². The summed E-state index contributed by atoms with van der Waals surface area (Å²) in [5.41, 5.74) is -1.03. The topological polar surface area (TPSA) is 60.2 Å². The maximum absolute atomic E-state index is 10.8. The van der Waals surface area contributed by atoms with E-state index in [-0.39, 0.29) is 12.5 Å². The number of aromatic nitrogens is 3. The number of benzene rings is 1. The molecule has 2 aromatic rings. The maximum Gasteiger partial charge on any atom is 0.147 e. The van der Waals surface area contributed by atoms with Crippen molar-refractivity contribution in [2.75, 3.05) is 6.61 Å². The standard InChI is InChI=1S/C15H20ClN3O2/c1-11(2)15(20,8-19-10-17-12(3)18-19)9-21-14-6-4-13(16)5-7-14/h4-7,10-11,20H,8-9H2,1-3H3. The number of ether oxygens (including phenoxy) is 1. The van der Waals surface area contributed by atoms with Gasteiger partial charge in [-0.25, -0.2) is 9.67 Å². The van der Waals surface area contributed by atoms with Crippen molar-refractivity contribution < 1.29 is 9.84 Å². The van der Waals surface area contributed by atoms with E-state index in [1.54, 1.807) is 35.3 Å². The minimum atomic E-state index is -1.03. The summed E-state index contributed by atoms with van der Waals surface area (Å²) in [6, 6.07) is 7.07. The number of aryl methyl sites for hydroxylation is 1. The molecule has 0 aliphatic rings. The average Bonchev–Trinajstić information content (AvgIpc) is 2.83. The quantitative estimate of drug-likeness (QED) is 0.891. The van der Waals surface area contributed by atoms with Crippen LogP contribution >= 0.6 is 11.6 Å². The Bertz CT molecular complexity index is 583. The first-order valence-electron chi connectivity index (χ1n) is 6.86. The fraction of sp³-hybridized carbons (Fsp3) is 0.467. The number of hydrogen-bond acceptors (Lipinski definition) is 4. The molecule has 0 aliphatic carbocycles. The van der Waals surface area contributed by atoms with Gasteiger partial charge in [-0.1, -0.05) is 25.4 Å². The molecule has 0 saturated heterocycles. The lowest BCUT2D eigenvalue weighted by Crippen LogP contribution is -2.45. The van der Waals surface area contributed by atoms with Crippen LogP contribution < -0.4 is 4.74 Å². The van der Waals surface area contributed by atoms with Gasteiger partial charge in [-0.2, -0.15) is 5.10 Å². The number of nitrogens with zero attached hydrogens (tertiary/aromatic N) is 3. The molecule has 1 atom stereocenters. The molecule has 0 spiro atoms. The third-order valence-electron chi connectivity index (χ3n) is 3.46. The van der Waals surface area contributed by atoms with E-state index >= 15 is 0 Å². The smallest absolute Gasteiger partial charge is 0.147 e. The molecule has 1 N–H and O–H groups in total. The minimum absolute atomic E-state index is 0.00862. The predicted molar refractivity (Wildman–Crippen MR) is 81.5 cm³/mol. The molecule has 0 radical (unpaired) electrons. The van der Waals surface area contributed by atoms with Gasteiger partial charge in [0.25, 0.3) is 0 Å². The van der Waals surface area contributed by atoms with Gasteiger partial charge < -0.3 is 9.84 Å². The Labute approximate surface area is 129 Å². The lowest BCUT2D eigenvalue weighted by molar-refractivity contribution is -0.0583. The molecule has 1 unspecified atom stereocenters. The number of hydrogen-bond donors (Lipinski definition) is 1. The largest absolute Gasteiger partial charge is 0.491 e. The Kier molecular flexibility index (Phi) is 4.85. The van der Waals surface area contributed by atoms with Crippen LogP contribution in [0.4, 0.5) is 0 Å². The van der Waals surface area contributed by atoms with Gasteiger partial charge in [0.2, 0.25) is 0 Å². The van der Waals surface area contributed by atoms with Gasteiger partial charge in [-0.05, 0) is 37.1 Å². The van der Waals surface area contributed by atoms with Gasteiger partial charge in [0, 0.05) is 5.02 Å². The van der Waals surface area contributed by atoms with Crippen molar-refractivity contribution in [1.82, 2.24) is 14.8 Å². The highest BCUT2D eigenvalue weighted by Crippen LogP contribution is 2.22. The summed E-state index contributed by atoms with van der Waals surface area (Å²) < 4.78 is 7.34. The molecule has 1 heterocycles. The third-order valence-corrected chi connectivity index (χ3v) is 3.72. The molecule has 0 fully saturated rings. The molecule has 0 aliphatic heterocycles. The van der Waals surface area contributed by atoms with E-state index in [0.29, 0.717) is 23.1 Å². The first-order chi connectivity index (χ1) is 9.89. The monoisotopic (exact) mass is 309 g/mol. The molecule has 2 rings (SSSR count). The third kappa shape index (κ3) is 4.19. The van der Waals surface area contributed by atoms with Gasteiger partial charge >= 0.3 is 0 Å². The normalized spacial score (nSPS) is 14.2. The summed E-state index contributed by atoms with van der Waals surface area (Å²) in [5.74, 6) is 1.36. The van der Waals surface area contributed by atoms with Crippen LogP contribution in [0.1, 0.15) is 19.7 Å². The number of aliphatic hydroxyl groups is 1. The van der Waals surface area contributed by atoms with E-state index in [4.69, 9.17) is 16.3 Å². The Morgan fingerprint density at radius 2 is 2.00 bits per heavy atom. The minimum Gasteiger partial charge on any atom is -0.491 e. The molecular formula is C15H20ClN3O2. The van der Waals surface area contributed by atoms with Crippen molar-refractivity contribution >= 4 is 11.6 Å². The van der Waals surface area contributed by atoms with Crippen molar-refractivity contribution in [3.8, 4) is 5.75 Å². The zero-order valence-electron chi connectivity index (χ0n) is 12.5. The molecule has 5 nitrogen and oxygen atoms in total. The summed E-state index contributed by atoms with van der Waals surface area (Å²) in [6.07, 6.45) is 1.62. The van der Waals surface area contributed by atoms with Crippen LogP contribution in [0.15, 0.2) is 30.6 Å². The summed E-state index contributed by atoms with van der Waals surface area (Å²) in [4.78, 5) is 4.07. The Morgan fingerprint density at radius 3 is 2.52 bits per heavy atom. The van der Waals surface area contributed by atoms with E-state index in [0.717, 1.165) is 0 Å². The number of rotatable bonds is 6. The molecule has 0 saturated carbocycles. The molecule has 6 heteroatoms. The summed E-state index contributed by atoms with van der Waals surface area (Å²) in [5, 5.41) is 15.7. The van der Waals surface area contributed by atoms with Crippen molar-refractivity contribution in [1.29, 1.82) is 0 Å².